The number of carbonyl (C=O) groups is 2. The predicted molar refractivity (Wildman–Crippen MR) is 84.7 cm³/mol. The summed E-state index contributed by atoms with van der Waals surface area (Å²) in [5, 5.41) is 3.41. The van der Waals surface area contributed by atoms with Crippen LogP contribution in [-0.4, -0.2) is 17.4 Å². The average Bonchev–Trinajstić information content (AvgIpc) is 2.66. The Labute approximate surface area is 128 Å². The molecule has 2 amide bonds. The first kappa shape index (κ1) is 14.8. The summed E-state index contributed by atoms with van der Waals surface area (Å²) in [7, 11) is 0. The zero-order chi connectivity index (χ0) is 15.1. The van der Waals surface area contributed by atoms with E-state index in [9.17, 15) is 9.59 Å². The molecule has 7 heteroatoms. The van der Waals surface area contributed by atoms with E-state index in [-0.39, 0.29) is 0 Å². The molecule has 1 aromatic carbocycles. The lowest BCUT2D eigenvalue weighted by atomic mass is 10.1. The molecule has 0 bridgehead atoms. The van der Waals surface area contributed by atoms with Crippen LogP contribution in [0.4, 0.5) is 5.69 Å². The molecule has 0 saturated carbocycles. The summed E-state index contributed by atoms with van der Waals surface area (Å²) in [4.78, 5) is 23.9. The highest BCUT2D eigenvalue weighted by Crippen LogP contribution is 2.35. The van der Waals surface area contributed by atoms with E-state index in [1.54, 1.807) is 13.8 Å². The summed E-state index contributed by atoms with van der Waals surface area (Å²) in [6, 6.07) is 5.63. The van der Waals surface area contributed by atoms with E-state index < -0.39 is 17.4 Å². The van der Waals surface area contributed by atoms with Crippen LogP contribution in [0.1, 0.15) is 23.5 Å². The van der Waals surface area contributed by atoms with Crippen molar-refractivity contribution in [3.8, 4) is 0 Å². The Bertz CT molecular complexity index is 709. The normalized spacial score (nSPS) is 11.6. The van der Waals surface area contributed by atoms with Gasteiger partial charge in [-0.15, -0.1) is 11.3 Å². The number of benzene rings is 1. The Kier molecular flexibility index (Phi) is 3.75. The summed E-state index contributed by atoms with van der Waals surface area (Å²) in [6.07, 6.45) is 0. The average molecular weight is 356 g/mol. The second kappa shape index (κ2) is 5.06. The molecule has 1 aromatic heterocycles. The predicted octanol–water partition coefficient (Wildman–Crippen LogP) is 2.24. The number of hydrogen-bond acceptors (Lipinski definition) is 4. The van der Waals surface area contributed by atoms with E-state index >= 15 is 0 Å². The molecule has 0 fully saturated rings. The molecule has 0 aliphatic heterocycles. The van der Waals surface area contributed by atoms with Crippen LogP contribution >= 0.6 is 27.3 Å². The third kappa shape index (κ3) is 2.64. The molecule has 20 heavy (non-hydrogen) atoms. The number of rotatable bonds is 3. The molecule has 5 nitrogen and oxygen atoms in total. The Balaban J connectivity index is 2.41. The Hall–Kier alpha value is -1.60. The molecule has 5 N–H and O–H groups in total. The second-order valence-corrected chi connectivity index (χ2v) is 6.90. The van der Waals surface area contributed by atoms with Crippen LogP contribution in [0.15, 0.2) is 22.7 Å². The van der Waals surface area contributed by atoms with Crippen molar-refractivity contribution >= 4 is 54.9 Å². The number of fused-ring (bicyclic) bond motifs is 1. The number of anilines is 1. The standard InChI is InChI=1S/C13H14BrN3O2S/c1-13(2,12(16)19)17-11(18)10-9(15)7-5-6(14)3-4-8(7)20-10/h3-5H,15H2,1-2H3,(H2,16,19)(H,17,18). The third-order valence-electron chi connectivity index (χ3n) is 2.94. The van der Waals surface area contributed by atoms with Crippen LogP contribution in [0.3, 0.4) is 0 Å². The molecule has 0 aliphatic rings. The van der Waals surface area contributed by atoms with Crippen LogP contribution in [-0.2, 0) is 4.79 Å². The third-order valence-corrected chi connectivity index (χ3v) is 4.62. The van der Waals surface area contributed by atoms with Crippen molar-refractivity contribution in [1.29, 1.82) is 0 Å². The maximum Gasteiger partial charge on any atom is 0.264 e. The number of amides is 2. The van der Waals surface area contributed by atoms with Crippen LogP contribution in [0.2, 0.25) is 0 Å². The number of halogens is 1. The van der Waals surface area contributed by atoms with Gasteiger partial charge in [0, 0.05) is 14.6 Å². The lowest BCUT2D eigenvalue weighted by molar-refractivity contribution is -0.122. The van der Waals surface area contributed by atoms with E-state index in [4.69, 9.17) is 11.5 Å². The lowest BCUT2D eigenvalue weighted by Gasteiger charge is -2.21. The number of thiophene rings is 1. The minimum Gasteiger partial charge on any atom is -0.397 e. The zero-order valence-corrected chi connectivity index (χ0v) is 13.4. The van der Waals surface area contributed by atoms with Crippen molar-refractivity contribution in [2.45, 2.75) is 19.4 Å². The highest BCUT2D eigenvalue weighted by atomic mass is 79.9. The molecule has 0 spiro atoms. The van der Waals surface area contributed by atoms with Gasteiger partial charge < -0.3 is 16.8 Å². The zero-order valence-electron chi connectivity index (χ0n) is 11.0. The van der Waals surface area contributed by atoms with Gasteiger partial charge in [-0.2, -0.15) is 0 Å². The summed E-state index contributed by atoms with van der Waals surface area (Å²) < 4.78 is 1.80. The summed E-state index contributed by atoms with van der Waals surface area (Å²) in [6.45, 7) is 3.10. The molecule has 2 aromatic rings. The molecule has 0 atom stereocenters. The van der Waals surface area contributed by atoms with Crippen LogP contribution < -0.4 is 16.8 Å². The number of nitrogens with two attached hydrogens (primary N) is 2. The molecule has 0 saturated heterocycles. The minimum atomic E-state index is -1.12. The molecular formula is C13H14BrN3O2S. The highest BCUT2D eigenvalue weighted by Gasteiger charge is 2.29. The van der Waals surface area contributed by atoms with Gasteiger partial charge in [0.05, 0.1) is 5.69 Å². The smallest absolute Gasteiger partial charge is 0.264 e. The second-order valence-electron chi connectivity index (χ2n) is 4.93. The van der Waals surface area contributed by atoms with Gasteiger partial charge in [-0.1, -0.05) is 15.9 Å². The molecule has 2 rings (SSSR count). The first-order valence-corrected chi connectivity index (χ1v) is 7.43. The molecule has 0 radical (unpaired) electrons. The SMILES string of the molecule is CC(C)(NC(=O)c1sc2ccc(Br)cc2c1N)C(N)=O. The van der Waals surface area contributed by atoms with Crippen molar-refractivity contribution in [2.24, 2.45) is 5.73 Å². The lowest BCUT2D eigenvalue weighted by Crippen LogP contribution is -2.52. The fourth-order valence-corrected chi connectivity index (χ4v) is 3.02. The highest BCUT2D eigenvalue weighted by molar-refractivity contribution is 9.10. The monoisotopic (exact) mass is 355 g/mol. The van der Waals surface area contributed by atoms with Crippen molar-refractivity contribution < 1.29 is 9.59 Å². The molecule has 106 valence electrons. The summed E-state index contributed by atoms with van der Waals surface area (Å²) in [5.41, 5.74) is 10.5. The number of hydrogen-bond donors (Lipinski definition) is 3. The van der Waals surface area contributed by atoms with Crippen molar-refractivity contribution in [3.63, 3.8) is 0 Å². The first-order chi connectivity index (χ1) is 9.22. The number of primary amides is 1. The van der Waals surface area contributed by atoms with Gasteiger partial charge in [-0.05, 0) is 32.0 Å². The van der Waals surface area contributed by atoms with E-state index in [1.165, 1.54) is 11.3 Å². The van der Waals surface area contributed by atoms with Crippen molar-refractivity contribution in [3.05, 3.63) is 27.5 Å². The Morgan fingerprint density at radius 1 is 1.35 bits per heavy atom. The van der Waals surface area contributed by atoms with E-state index in [1.807, 2.05) is 18.2 Å². The van der Waals surface area contributed by atoms with Gasteiger partial charge >= 0.3 is 0 Å². The summed E-state index contributed by atoms with van der Waals surface area (Å²) in [5.74, 6) is -1.00. The quantitative estimate of drug-likeness (QED) is 0.787. The number of nitrogen functional groups attached to an aromatic ring is 1. The van der Waals surface area contributed by atoms with Gasteiger partial charge in [-0.3, -0.25) is 9.59 Å². The minimum absolute atomic E-state index is 0.382. The van der Waals surface area contributed by atoms with Gasteiger partial charge in [0.2, 0.25) is 5.91 Å². The fraction of sp³-hybridized carbons (Fsp3) is 0.231. The van der Waals surface area contributed by atoms with Gasteiger partial charge in [0.15, 0.2) is 0 Å². The van der Waals surface area contributed by atoms with Gasteiger partial charge in [0.1, 0.15) is 10.4 Å². The molecular weight excluding hydrogens is 342 g/mol. The van der Waals surface area contributed by atoms with E-state index in [0.29, 0.717) is 10.6 Å². The maximum atomic E-state index is 12.2. The van der Waals surface area contributed by atoms with Crippen LogP contribution in [0.5, 0.6) is 0 Å². The van der Waals surface area contributed by atoms with Crippen LogP contribution in [0, 0.1) is 0 Å². The van der Waals surface area contributed by atoms with Crippen molar-refractivity contribution in [2.75, 3.05) is 5.73 Å². The fourth-order valence-electron chi connectivity index (χ4n) is 1.66. The van der Waals surface area contributed by atoms with E-state index in [0.717, 1.165) is 14.6 Å². The van der Waals surface area contributed by atoms with E-state index in [2.05, 4.69) is 21.2 Å². The number of carbonyl (C=O) groups excluding carboxylic acids is 2. The number of nitrogens with one attached hydrogen (secondary N) is 1. The molecule has 0 unspecified atom stereocenters. The van der Waals surface area contributed by atoms with Crippen LogP contribution in [0.25, 0.3) is 10.1 Å². The first-order valence-electron chi connectivity index (χ1n) is 5.82. The maximum absolute atomic E-state index is 12.2. The summed E-state index contributed by atoms with van der Waals surface area (Å²) >= 11 is 4.65. The Morgan fingerprint density at radius 2 is 2.00 bits per heavy atom. The topological polar surface area (TPSA) is 98.2 Å². The van der Waals surface area contributed by atoms with Gasteiger partial charge in [-0.25, -0.2) is 0 Å². The van der Waals surface area contributed by atoms with Crippen molar-refractivity contribution in [1.82, 2.24) is 5.32 Å². The molecule has 0 aliphatic carbocycles. The Morgan fingerprint density at radius 3 is 2.60 bits per heavy atom. The molecule has 1 heterocycles. The largest absolute Gasteiger partial charge is 0.397 e. The van der Waals surface area contributed by atoms with Gasteiger partial charge in [0.25, 0.3) is 5.91 Å².